The Bertz CT molecular complexity index is 500. The summed E-state index contributed by atoms with van der Waals surface area (Å²) in [5.41, 5.74) is 1.14. The Kier molecular flexibility index (Phi) is 6.46. The Morgan fingerprint density at radius 1 is 0.952 bits per heavy atom. The zero-order chi connectivity index (χ0) is 15.8. The predicted molar refractivity (Wildman–Crippen MR) is 80.3 cm³/mol. The van der Waals surface area contributed by atoms with Crippen LogP contribution in [0.1, 0.15) is 19.4 Å². The highest BCUT2D eigenvalue weighted by molar-refractivity contribution is 6.19. The van der Waals surface area contributed by atoms with E-state index in [1.54, 1.807) is 32.8 Å². The van der Waals surface area contributed by atoms with Gasteiger partial charge in [0.25, 0.3) is 0 Å². The molecular weight excluding hydrogens is 270 g/mol. The third kappa shape index (κ3) is 4.34. The average Bonchev–Trinajstić information content (AvgIpc) is 2.45. The zero-order valence-corrected chi connectivity index (χ0v) is 12.9. The second kappa shape index (κ2) is 8.09. The summed E-state index contributed by atoms with van der Waals surface area (Å²) in [7, 11) is 3.53. The number of benzene rings is 1. The van der Waals surface area contributed by atoms with Crippen molar-refractivity contribution >= 4 is 17.6 Å². The van der Waals surface area contributed by atoms with Crippen LogP contribution in [0.3, 0.4) is 0 Å². The average molecular weight is 291 g/mol. The van der Waals surface area contributed by atoms with Crippen LogP contribution >= 0.6 is 0 Å². The van der Waals surface area contributed by atoms with Gasteiger partial charge < -0.3 is 14.4 Å². The SMILES string of the molecule is CCOC(=O)C(C(=O)OCC)=C(c1ccccc1)N(C)C. The first-order valence-electron chi connectivity index (χ1n) is 6.84. The molecule has 0 unspecified atom stereocenters. The molecule has 0 saturated carbocycles. The van der Waals surface area contributed by atoms with E-state index in [0.717, 1.165) is 5.56 Å². The van der Waals surface area contributed by atoms with Crippen molar-refractivity contribution in [1.29, 1.82) is 0 Å². The van der Waals surface area contributed by atoms with Gasteiger partial charge in [-0.15, -0.1) is 0 Å². The minimum atomic E-state index is -0.677. The smallest absolute Gasteiger partial charge is 0.347 e. The van der Waals surface area contributed by atoms with Crippen molar-refractivity contribution in [3.63, 3.8) is 0 Å². The van der Waals surface area contributed by atoms with Gasteiger partial charge in [0.15, 0.2) is 5.57 Å². The molecular formula is C16H21NO4. The topological polar surface area (TPSA) is 55.8 Å². The molecule has 0 aliphatic rings. The summed E-state index contributed by atoms with van der Waals surface area (Å²) < 4.78 is 10.00. The molecule has 0 saturated heterocycles. The number of rotatable bonds is 6. The van der Waals surface area contributed by atoms with E-state index in [-0.39, 0.29) is 18.8 Å². The first kappa shape index (κ1) is 16.8. The number of hydrogen-bond acceptors (Lipinski definition) is 5. The lowest BCUT2D eigenvalue weighted by molar-refractivity contribution is -0.146. The normalized spacial score (nSPS) is 9.71. The minimum Gasteiger partial charge on any atom is -0.462 e. The van der Waals surface area contributed by atoms with Crippen LogP contribution in [0, 0.1) is 0 Å². The Labute approximate surface area is 125 Å². The number of hydrogen-bond donors (Lipinski definition) is 0. The summed E-state index contributed by atoms with van der Waals surface area (Å²) in [5, 5.41) is 0. The molecule has 114 valence electrons. The molecule has 5 nitrogen and oxygen atoms in total. The van der Waals surface area contributed by atoms with Gasteiger partial charge >= 0.3 is 11.9 Å². The Balaban J connectivity index is 3.45. The standard InChI is InChI=1S/C16H21NO4/c1-5-20-15(18)13(16(19)21-6-2)14(17(3)4)12-10-8-7-9-11-12/h7-11H,5-6H2,1-4H3. The van der Waals surface area contributed by atoms with E-state index in [2.05, 4.69) is 0 Å². The molecule has 0 N–H and O–H groups in total. The fraction of sp³-hybridized carbons (Fsp3) is 0.375. The minimum absolute atomic E-state index is 0.0881. The molecule has 0 atom stereocenters. The van der Waals surface area contributed by atoms with Crippen molar-refractivity contribution in [1.82, 2.24) is 4.90 Å². The van der Waals surface area contributed by atoms with Gasteiger partial charge in [0, 0.05) is 14.1 Å². The van der Waals surface area contributed by atoms with Crippen molar-refractivity contribution in [3.05, 3.63) is 41.5 Å². The lowest BCUT2D eigenvalue weighted by Gasteiger charge is -2.21. The summed E-state index contributed by atoms with van der Waals surface area (Å²) in [6, 6.07) is 9.20. The first-order valence-corrected chi connectivity index (χ1v) is 6.84. The second-order valence-electron chi connectivity index (χ2n) is 4.42. The van der Waals surface area contributed by atoms with Crippen LogP contribution in [0.2, 0.25) is 0 Å². The van der Waals surface area contributed by atoms with Crippen LogP contribution in [0.25, 0.3) is 5.70 Å². The number of carbonyl (C=O) groups is 2. The molecule has 0 amide bonds. The molecule has 1 rings (SSSR count). The van der Waals surface area contributed by atoms with Gasteiger partial charge in [0.2, 0.25) is 0 Å². The first-order chi connectivity index (χ1) is 10.0. The predicted octanol–water partition coefficient (Wildman–Crippen LogP) is 2.09. The number of esters is 2. The molecule has 0 bridgehead atoms. The van der Waals surface area contributed by atoms with E-state index >= 15 is 0 Å². The van der Waals surface area contributed by atoms with Gasteiger partial charge in [-0.25, -0.2) is 9.59 Å². The molecule has 21 heavy (non-hydrogen) atoms. The summed E-state index contributed by atoms with van der Waals surface area (Å²) in [5.74, 6) is -1.35. The summed E-state index contributed by atoms with van der Waals surface area (Å²) in [6.07, 6.45) is 0. The van der Waals surface area contributed by atoms with Crippen LogP contribution in [0.4, 0.5) is 0 Å². The fourth-order valence-electron chi connectivity index (χ4n) is 1.91. The lowest BCUT2D eigenvalue weighted by atomic mass is 10.1. The van der Waals surface area contributed by atoms with Crippen LogP contribution in [0.5, 0.6) is 0 Å². The van der Waals surface area contributed by atoms with Gasteiger partial charge in [0.1, 0.15) is 0 Å². The van der Waals surface area contributed by atoms with Gasteiger partial charge in [-0.05, 0) is 19.4 Å². The third-order valence-electron chi connectivity index (χ3n) is 2.69. The maximum atomic E-state index is 12.2. The van der Waals surface area contributed by atoms with Gasteiger partial charge in [-0.2, -0.15) is 0 Å². The highest BCUT2D eigenvalue weighted by Crippen LogP contribution is 2.23. The molecule has 0 radical (unpaired) electrons. The van der Waals surface area contributed by atoms with Crippen molar-refractivity contribution in [2.75, 3.05) is 27.3 Å². The van der Waals surface area contributed by atoms with Gasteiger partial charge in [-0.3, -0.25) is 0 Å². The van der Waals surface area contributed by atoms with E-state index in [1.807, 2.05) is 30.3 Å². The van der Waals surface area contributed by atoms with Crippen LogP contribution in [-0.2, 0) is 19.1 Å². The number of ether oxygens (including phenoxy) is 2. The quantitative estimate of drug-likeness (QED) is 0.348. The summed E-state index contributed by atoms with van der Waals surface area (Å²) in [4.78, 5) is 26.0. The monoisotopic (exact) mass is 291 g/mol. The fourth-order valence-corrected chi connectivity index (χ4v) is 1.91. The molecule has 1 aromatic rings. The van der Waals surface area contributed by atoms with Crippen molar-refractivity contribution in [2.24, 2.45) is 0 Å². The third-order valence-corrected chi connectivity index (χ3v) is 2.69. The van der Waals surface area contributed by atoms with Gasteiger partial charge in [-0.1, -0.05) is 30.3 Å². The molecule has 0 aliphatic heterocycles. The van der Waals surface area contributed by atoms with Crippen molar-refractivity contribution in [2.45, 2.75) is 13.8 Å². The van der Waals surface area contributed by atoms with E-state index in [9.17, 15) is 9.59 Å². The Morgan fingerprint density at radius 3 is 1.81 bits per heavy atom. The maximum absolute atomic E-state index is 12.2. The molecule has 0 fully saturated rings. The van der Waals surface area contributed by atoms with Crippen LogP contribution < -0.4 is 0 Å². The lowest BCUT2D eigenvalue weighted by Crippen LogP contribution is -2.25. The molecule has 0 spiro atoms. The van der Waals surface area contributed by atoms with Crippen molar-refractivity contribution < 1.29 is 19.1 Å². The zero-order valence-electron chi connectivity index (χ0n) is 12.9. The highest BCUT2D eigenvalue weighted by Gasteiger charge is 2.27. The second-order valence-corrected chi connectivity index (χ2v) is 4.42. The molecule has 1 aromatic carbocycles. The molecule has 0 heterocycles. The largest absolute Gasteiger partial charge is 0.462 e. The van der Waals surface area contributed by atoms with E-state index < -0.39 is 11.9 Å². The van der Waals surface area contributed by atoms with E-state index in [0.29, 0.717) is 5.70 Å². The number of carbonyl (C=O) groups excluding carboxylic acids is 2. The molecule has 0 aliphatic carbocycles. The highest BCUT2D eigenvalue weighted by atomic mass is 16.6. The van der Waals surface area contributed by atoms with Gasteiger partial charge in [0.05, 0.1) is 18.9 Å². The Morgan fingerprint density at radius 2 is 1.43 bits per heavy atom. The van der Waals surface area contributed by atoms with E-state index in [4.69, 9.17) is 9.47 Å². The molecule has 5 heteroatoms. The van der Waals surface area contributed by atoms with Crippen molar-refractivity contribution in [3.8, 4) is 0 Å². The van der Waals surface area contributed by atoms with Crippen LogP contribution in [-0.4, -0.2) is 44.1 Å². The molecule has 0 aromatic heterocycles. The summed E-state index contributed by atoms with van der Waals surface area (Å²) in [6.45, 7) is 3.77. The summed E-state index contributed by atoms with van der Waals surface area (Å²) >= 11 is 0. The number of nitrogens with zero attached hydrogens (tertiary/aromatic N) is 1. The van der Waals surface area contributed by atoms with Crippen LogP contribution in [0.15, 0.2) is 35.9 Å². The van der Waals surface area contributed by atoms with E-state index in [1.165, 1.54) is 0 Å². The maximum Gasteiger partial charge on any atom is 0.347 e. The Hall–Kier alpha value is -2.30.